The lowest BCUT2D eigenvalue weighted by molar-refractivity contribution is 0.0722. The molecule has 0 unspecified atom stereocenters. The molecule has 0 aliphatic heterocycles. The topological polar surface area (TPSA) is 26.3 Å². The Labute approximate surface area is 151 Å². The summed E-state index contributed by atoms with van der Waals surface area (Å²) in [6, 6.07) is 7.06. The van der Waals surface area contributed by atoms with Crippen LogP contribution < -0.4 is 4.74 Å². The highest BCUT2D eigenvalue weighted by atomic mass is 19.1. The second-order valence-corrected chi connectivity index (χ2v) is 6.83. The van der Waals surface area contributed by atoms with Crippen molar-refractivity contribution in [3.8, 4) is 5.75 Å². The molecule has 5 heteroatoms. The molecule has 0 amide bonds. The van der Waals surface area contributed by atoms with Crippen LogP contribution in [0.25, 0.3) is 0 Å². The molecule has 1 fully saturated rings. The van der Waals surface area contributed by atoms with Crippen molar-refractivity contribution >= 4 is 5.97 Å². The van der Waals surface area contributed by atoms with Crippen LogP contribution in [0.2, 0.25) is 0 Å². The van der Waals surface area contributed by atoms with E-state index in [4.69, 9.17) is 4.74 Å². The van der Waals surface area contributed by atoms with E-state index in [0.717, 1.165) is 49.3 Å². The van der Waals surface area contributed by atoms with Crippen molar-refractivity contribution in [3.05, 3.63) is 65.0 Å². The van der Waals surface area contributed by atoms with Gasteiger partial charge in [0, 0.05) is 6.07 Å². The Hall–Kier alpha value is -2.30. The van der Waals surface area contributed by atoms with Crippen molar-refractivity contribution in [2.45, 2.75) is 44.9 Å². The number of carbonyl (C=O) groups is 1. The molecule has 0 atom stereocenters. The number of esters is 1. The number of benzene rings is 2. The van der Waals surface area contributed by atoms with E-state index in [2.05, 4.69) is 6.92 Å². The van der Waals surface area contributed by atoms with Crippen molar-refractivity contribution in [2.75, 3.05) is 0 Å². The molecule has 0 bridgehead atoms. The normalized spacial score (nSPS) is 20.0. The number of halogens is 3. The van der Waals surface area contributed by atoms with Crippen molar-refractivity contribution in [3.63, 3.8) is 0 Å². The van der Waals surface area contributed by atoms with E-state index >= 15 is 0 Å². The minimum absolute atomic E-state index is 0.264. The van der Waals surface area contributed by atoms with Crippen LogP contribution in [0.5, 0.6) is 5.75 Å². The quantitative estimate of drug-likeness (QED) is 0.492. The number of rotatable bonds is 4. The first kappa shape index (κ1) is 18.5. The van der Waals surface area contributed by atoms with Gasteiger partial charge in [-0.2, -0.15) is 0 Å². The van der Waals surface area contributed by atoms with E-state index in [-0.39, 0.29) is 5.56 Å². The van der Waals surface area contributed by atoms with E-state index in [0.29, 0.717) is 12.0 Å². The molecule has 1 saturated carbocycles. The van der Waals surface area contributed by atoms with Gasteiger partial charge in [-0.1, -0.05) is 19.4 Å². The van der Waals surface area contributed by atoms with Gasteiger partial charge in [-0.05, 0) is 67.3 Å². The second-order valence-electron chi connectivity index (χ2n) is 6.83. The summed E-state index contributed by atoms with van der Waals surface area (Å²) in [6.07, 6.45) is 5.48. The van der Waals surface area contributed by atoms with E-state index < -0.39 is 29.2 Å². The van der Waals surface area contributed by atoms with Gasteiger partial charge in [0.05, 0.1) is 5.56 Å². The maximum Gasteiger partial charge on any atom is 0.346 e. The van der Waals surface area contributed by atoms with Gasteiger partial charge in [0.1, 0.15) is 11.6 Å². The molecule has 0 N–H and O–H groups in total. The molecule has 3 rings (SSSR count). The second kappa shape index (κ2) is 7.94. The first-order valence-electron chi connectivity index (χ1n) is 8.94. The van der Waals surface area contributed by atoms with Gasteiger partial charge in [0.15, 0.2) is 11.6 Å². The average molecular weight is 362 g/mol. The Morgan fingerprint density at radius 2 is 1.73 bits per heavy atom. The van der Waals surface area contributed by atoms with Crippen molar-refractivity contribution in [1.29, 1.82) is 0 Å². The zero-order valence-corrected chi connectivity index (χ0v) is 14.6. The van der Waals surface area contributed by atoms with E-state index in [1.165, 1.54) is 18.6 Å². The van der Waals surface area contributed by atoms with Crippen LogP contribution in [0.4, 0.5) is 13.2 Å². The van der Waals surface area contributed by atoms with Crippen LogP contribution in [-0.2, 0) is 0 Å². The predicted molar refractivity (Wildman–Crippen MR) is 92.7 cm³/mol. The smallest absolute Gasteiger partial charge is 0.346 e. The van der Waals surface area contributed by atoms with E-state index in [1.807, 2.05) is 0 Å². The summed E-state index contributed by atoms with van der Waals surface area (Å²) in [7, 11) is 0. The van der Waals surface area contributed by atoms with Crippen LogP contribution in [-0.4, -0.2) is 5.97 Å². The van der Waals surface area contributed by atoms with Gasteiger partial charge in [0.2, 0.25) is 0 Å². The number of hydrogen-bond acceptors (Lipinski definition) is 2. The first-order chi connectivity index (χ1) is 12.5. The summed E-state index contributed by atoms with van der Waals surface area (Å²) in [6.45, 7) is 2.19. The number of carbonyl (C=O) groups excluding carboxylic acids is 1. The van der Waals surface area contributed by atoms with Crippen LogP contribution in [0.3, 0.4) is 0 Å². The fraction of sp³-hybridized carbons (Fsp3) is 0.381. The van der Waals surface area contributed by atoms with Crippen molar-refractivity contribution in [2.24, 2.45) is 5.92 Å². The van der Waals surface area contributed by atoms with Gasteiger partial charge >= 0.3 is 5.97 Å². The lowest BCUT2D eigenvalue weighted by Crippen LogP contribution is -2.15. The fourth-order valence-electron chi connectivity index (χ4n) is 3.57. The molecule has 0 aromatic heterocycles. The third-order valence-electron chi connectivity index (χ3n) is 5.21. The maximum absolute atomic E-state index is 14.4. The van der Waals surface area contributed by atoms with Crippen LogP contribution in [0.1, 0.15) is 60.9 Å². The molecule has 0 radical (unpaired) electrons. The predicted octanol–water partition coefficient (Wildman–Crippen LogP) is 6.01. The molecule has 2 aromatic rings. The largest absolute Gasteiger partial charge is 0.420 e. The summed E-state index contributed by atoms with van der Waals surface area (Å²) in [5.41, 5.74) is 0.612. The van der Waals surface area contributed by atoms with E-state index in [1.54, 1.807) is 6.07 Å². The summed E-state index contributed by atoms with van der Waals surface area (Å²) < 4.78 is 45.8. The highest BCUT2D eigenvalue weighted by Gasteiger charge is 2.23. The molecule has 26 heavy (non-hydrogen) atoms. The molecule has 0 heterocycles. The molecule has 2 nitrogen and oxygen atoms in total. The SMILES string of the molecule is CCC1CCC(c2ccc(C(=O)Oc3ccc(F)cc3F)c(F)c2)CC1. The summed E-state index contributed by atoms with van der Waals surface area (Å²) >= 11 is 0. The summed E-state index contributed by atoms with van der Waals surface area (Å²) in [4.78, 5) is 12.1. The highest BCUT2D eigenvalue weighted by Crippen LogP contribution is 2.37. The van der Waals surface area contributed by atoms with Crippen LogP contribution in [0.15, 0.2) is 36.4 Å². The standard InChI is InChI=1S/C21H21F3O2/c1-2-13-3-5-14(6-4-13)15-7-9-17(18(23)11-15)21(25)26-20-10-8-16(22)12-19(20)24/h7-14H,2-6H2,1H3. The molecular weight excluding hydrogens is 341 g/mol. The number of ether oxygens (including phenoxy) is 1. The molecular formula is C21H21F3O2. The van der Waals surface area contributed by atoms with E-state index in [9.17, 15) is 18.0 Å². The Morgan fingerprint density at radius 1 is 1.00 bits per heavy atom. The molecule has 0 spiro atoms. The van der Waals surface area contributed by atoms with Gasteiger partial charge in [-0.25, -0.2) is 18.0 Å². The molecule has 1 aliphatic rings. The van der Waals surface area contributed by atoms with Gasteiger partial charge < -0.3 is 4.74 Å². The monoisotopic (exact) mass is 362 g/mol. The third-order valence-corrected chi connectivity index (χ3v) is 5.21. The average Bonchev–Trinajstić information content (AvgIpc) is 2.64. The first-order valence-corrected chi connectivity index (χ1v) is 8.94. The molecule has 138 valence electrons. The maximum atomic E-state index is 14.4. The lowest BCUT2D eigenvalue weighted by atomic mass is 9.78. The third kappa shape index (κ3) is 4.09. The molecule has 2 aromatic carbocycles. The summed E-state index contributed by atoms with van der Waals surface area (Å²) in [5, 5.41) is 0. The van der Waals surface area contributed by atoms with Gasteiger partial charge in [-0.15, -0.1) is 0 Å². The molecule has 0 saturated heterocycles. The van der Waals surface area contributed by atoms with Crippen molar-refractivity contribution < 1.29 is 22.7 Å². The Balaban J connectivity index is 1.72. The molecule has 1 aliphatic carbocycles. The lowest BCUT2D eigenvalue weighted by Gasteiger charge is -2.28. The highest BCUT2D eigenvalue weighted by molar-refractivity contribution is 5.91. The minimum atomic E-state index is -1.01. The number of hydrogen-bond donors (Lipinski definition) is 0. The van der Waals surface area contributed by atoms with Gasteiger partial charge in [0.25, 0.3) is 0 Å². The Morgan fingerprint density at radius 3 is 2.35 bits per heavy atom. The minimum Gasteiger partial charge on any atom is -0.420 e. The fourth-order valence-corrected chi connectivity index (χ4v) is 3.57. The van der Waals surface area contributed by atoms with Gasteiger partial charge in [-0.3, -0.25) is 0 Å². The zero-order chi connectivity index (χ0) is 18.7. The summed E-state index contributed by atoms with van der Waals surface area (Å²) in [5.74, 6) is -2.87. The Bertz CT molecular complexity index is 796. The van der Waals surface area contributed by atoms with Crippen molar-refractivity contribution in [1.82, 2.24) is 0 Å². The Kier molecular flexibility index (Phi) is 5.64. The van der Waals surface area contributed by atoms with Crippen LogP contribution >= 0.6 is 0 Å². The van der Waals surface area contributed by atoms with Crippen LogP contribution in [0, 0.1) is 23.4 Å². The zero-order valence-electron chi connectivity index (χ0n) is 14.6.